The van der Waals surface area contributed by atoms with E-state index in [0.29, 0.717) is 31.1 Å². The number of amides is 2. The number of likely N-dealkylation sites (tertiary alicyclic amines) is 1. The number of hydrogen-bond acceptors (Lipinski definition) is 5. The van der Waals surface area contributed by atoms with Crippen LogP contribution in [0.1, 0.15) is 33.8 Å². The summed E-state index contributed by atoms with van der Waals surface area (Å²) in [6.07, 6.45) is 6.13. The van der Waals surface area contributed by atoms with Crippen LogP contribution in [0.25, 0.3) is 0 Å². The predicted octanol–water partition coefficient (Wildman–Crippen LogP) is 1.55. The molecule has 0 radical (unpaired) electrons. The molecule has 0 aliphatic carbocycles. The van der Waals surface area contributed by atoms with Gasteiger partial charge in [0, 0.05) is 25.7 Å². The molecule has 0 unspecified atom stereocenters. The van der Waals surface area contributed by atoms with Crippen molar-refractivity contribution in [3.05, 3.63) is 42.2 Å². The van der Waals surface area contributed by atoms with E-state index in [0.717, 1.165) is 12.8 Å². The van der Waals surface area contributed by atoms with Crippen LogP contribution in [0.15, 0.2) is 39.8 Å². The fourth-order valence-corrected chi connectivity index (χ4v) is 2.57. The Balaban J connectivity index is 1.44. The van der Waals surface area contributed by atoms with Gasteiger partial charge in [-0.2, -0.15) is 0 Å². The molecule has 0 saturated carbocycles. The second-order valence-electron chi connectivity index (χ2n) is 5.33. The number of carbonyl (C=O) groups excluding carboxylic acids is 2. The highest BCUT2D eigenvalue weighted by molar-refractivity contribution is 5.93. The molecule has 7 nitrogen and oxygen atoms in total. The summed E-state index contributed by atoms with van der Waals surface area (Å²) in [5.41, 5.74) is 0.581. The van der Waals surface area contributed by atoms with Crippen LogP contribution in [0, 0.1) is 5.92 Å². The first-order chi connectivity index (χ1) is 10.7. The summed E-state index contributed by atoms with van der Waals surface area (Å²) in [5, 5.41) is 6.34. The molecular formula is C15H17N3O4. The standard InChI is InChI=1S/C15H17N3O4/c19-14(13-1-5-17-22-13)16-9-11-2-6-18(7-3-11)15(20)12-4-8-21-10-12/h1,4-5,8,10-11H,2-3,6-7,9H2,(H,16,19). The molecule has 1 saturated heterocycles. The zero-order valence-electron chi connectivity index (χ0n) is 12.0. The van der Waals surface area contributed by atoms with E-state index in [2.05, 4.69) is 10.5 Å². The molecule has 0 atom stereocenters. The van der Waals surface area contributed by atoms with E-state index in [1.165, 1.54) is 24.8 Å². The number of carbonyl (C=O) groups is 2. The molecule has 1 fully saturated rings. The van der Waals surface area contributed by atoms with Crippen molar-refractivity contribution < 1.29 is 18.5 Å². The van der Waals surface area contributed by atoms with Gasteiger partial charge in [0.25, 0.3) is 11.8 Å². The minimum atomic E-state index is -0.255. The van der Waals surface area contributed by atoms with Crippen molar-refractivity contribution in [2.75, 3.05) is 19.6 Å². The first kappa shape index (κ1) is 14.4. The van der Waals surface area contributed by atoms with E-state index in [1.54, 1.807) is 6.07 Å². The number of furan rings is 1. The smallest absolute Gasteiger partial charge is 0.289 e. The number of aromatic nitrogens is 1. The summed E-state index contributed by atoms with van der Waals surface area (Å²) in [5.74, 6) is 0.320. The van der Waals surface area contributed by atoms with Gasteiger partial charge in [0.15, 0.2) is 0 Å². The van der Waals surface area contributed by atoms with Crippen LogP contribution in [0.5, 0.6) is 0 Å². The summed E-state index contributed by atoms with van der Waals surface area (Å²) in [6, 6.07) is 3.20. The molecule has 2 aromatic heterocycles. The molecule has 3 rings (SSSR count). The molecule has 3 heterocycles. The number of rotatable bonds is 4. The van der Waals surface area contributed by atoms with Crippen LogP contribution in [0.3, 0.4) is 0 Å². The van der Waals surface area contributed by atoms with Crippen molar-refractivity contribution in [3.8, 4) is 0 Å². The monoisotopic (exact) mass is 303 g/mol. The van der Waals surface area contributed by atoms with Crippen molar-refractivity contribution in [1.82, 2.24) is 15.4 Å². The molecule has 1 N–H and O–H groups in total. The molecule has 116 valence electrons. The van der Waals surface area contributed by atoms with E-state index in [9.17, 15) is 9.59 Å². The van der Waals surface area contributed by atoms with Gasteiger partial charge < -0.3 is 19.2 Å². The minimum absolute atomic E-state index is 0.00195. The highest BCUT2D eigenvalue weighted by Gasteiger charge is 2.24. The Morgan fingerprint density at radius 1 is 1.32 bits per heavy atom. The number of nitrogens with zero attached hydrogens (tertiary/aromatic N) is 2. The highest BCUT2D eigenvalue weighted by atomic mass is 16.5. The molecule has 1 aliphatic rings. The molecule has 7 heteroatoms. The lowest BCUT2D eigenvalue weighted by Crippen LogP contribution is -2.41. The first-order valence-electron chi connectivity index (χ1n) is 7.24. The molecule has 0 aromatic carbocycles. The van der Waals surface area contributed by atoms with Gasteiger partial charge in [0.05, 0.1) is 18.0 Å². The van der Waals surface area contributed by atoms with E-state index in [4.69, 9.17) is 8.94 Å². The topological polar surface area (TPSA) is 88.6 Å². The van der Waals surface area contributed by atoms with Crippen molar-refractivity contribution in [3.63, 3.8) is 0 Å². The lowest BCUT2D eigenvalue weighted by Gasteiger charge is -2.31. The maximum absolute atomic E-state index is 12.2. The fourth-order valence-electron chi connectivity index (χ4n) is 2.57. The third kappa shape index (κ3) is 3.19. The highest BCUT2D eigenvalue weighted by Crippen LogP contribution is 2.18. The van der Waals surface area contributed by atoms with E-state index >= 15 is 0 Å². The van der Waals surface area contributed by atoms with Crippen LogP contribution < -0.4 is 5.32 Å². The molecule has 1 aliphatic heterocycles. The Labute approximate surface area is 127 Å². The largest absolute Gasteiger partial charge is 0.472 e. The predicted molar refractivity (Wildman–Crippen MR) is 76.2 cm³/mol. The van der Waals surface area contributed by atoms with Gasteiger partial charge >= 0.3 is 0 Å². The summed E-state index contributed by atoms with van der Waals surface area (Å²) in [6.45, 7) is 1.95. The summed E-state index contributed by atoms with van der Waals surface area (Å²) in [7, 11) is 0. The van der Waals surface area contributed by atoms with Crippen LogP contribution >= 0.6 is 0 Å². The Bertz CT molecular complexity index is 613. The Morgan fingerprint density at radius 3 is 2.77 bits per heavy atom. The second-order valence-corrected chi connectivity index (χ2v) is 5.33. The molecule has 2 amide bonds. The molecule has 0 bridgehead atoms. The molecule has 22 heavy (non-hydrogen) atoms. The zero-order chi connectivity index (χ0) is 15.4. The van der Waals surface area contributed by atoms with Gasteiger partial charge in [-0.25, -0.2) is 0 Å². The van der Waals surface area contributed by atoms with Crippen LogP contribution in [-0.4, -0.2) is 41.5 Å². The van der Waals surface area contributed by atoms with Crippen molar-refractivity contribution in [1.29, 1.82) is 0 Å². The van der Waals surface area contributed by atoms with Gasteiger partial charge in [0.1, 0.15) is 6.26 Å². The van der Waals surface area contributed by atoms with Crippen molar-refractivity contribution in [2.24, 2.45) is 5.92 Å². The average Bonchev–Trinajstić information content (AvgIpc) is 3.25. The Hall–Kier alpha value is -2.57. The van der Waals surface area contributed by atoms with Crippen LogP contribution in [-0.2, 0) is 0 Å². The fraction of sp³-hybridized carbons (Fsp3) is 0.400. The first-order valence-corrected chi connectivity index (χ1v) is 7.24. The number of hydrogen-bond donors (Lipinski definition) is 1. The van der Waals surface area contributed by atoms with Crippen molar-refractivity contribution >= 4 is 11.8 Å². The second kappa shape index (κ2) is 6.46. The quantitative estimate of drug-likeness (QED) is 0.925. The zero-order valence-corrected chi connectivity index (χ0v) is 12.0. The normalized spacial score (nSPS) is 15.7. The van der Waals surface area contributed by atoms with Gasteiger partial charge in [0.2, 0.25) is 5.76 Å². The Morgan fingerprint density at radius 2 is 2.14 bits per heavy atom. The Kier molecular flexibility index (Phi) is 4.22. The van der Waals surface area contributed by atoms with Gasteiger partial charge in [-0.1, -0.05) is 5.16 Å². The maximum Gasteiger partial charge on any atom is 0.289 e. The van der Waals surface area contributed by atoms with Crippen molar-refractivity contribution in [2.45, 2.75) is 12.8 Å². The van der Waals surface area contributed by atoms with Gasteiger partial charge in [-0.15, -0.1) is 0 Å². The van der Waals surface area contributed by atoms with E-state index < -0.39 is 0 Å². The lowest BCUT2D eigenvalue weighted by atomic mass is 9.96. The molecule has 2 aromatic rings. The number of piperidine rings is 1. The minimum Gasteiger partial charge on any atom is -0.472 e. The van der Waals surface area contributed by atoms with Crippen LogP contribution in [0.4, 0.5) is 0 Å². The molecular weight excluding hydrogens is 286 g/mol. The van der Waals surface area contributed by atoms with E-state index in [-0.39, 0.29) is 17.6 Å². The van der Waals surface area contributed by atoms with Gasteiger partial charge in [-0.05, 0) is 24.8 Å². The average molecular weight is 303 g/mol. The summed E-state index contributed by atoms with van der Waals surface area (Å²) in [4.78, 5) is 25.7. The summed E-state index contributed by atoms with van der Waals surface area (Å²) >= 11 is 0. The number of nitrogens with one attached hydrogen (secondary N) is 1. The summed E-state index contributed by atoms with van der Waals surface area (Å²) < 4.78 is 9.74. The SMILES string of the molecule is O=C(NCC1CCN(C(=O)c2ccoc2)CC1)c1ccno1. The lowest BCUT2D eigenvalue weighted by molar-refractivity contribution is 0.0682. The van der Waals surface area contributed by atoms with E-state index in [1.807, 2.05) is 4.90 Å². The third-order valence-corrected chi connectivity index (χ3v) is 3.88. The molecule has 0 spiro atoms. The third-order valence-electron chi connectivity index (χ3n) is 3.88. The van der Waals surface area contributed by atoms with Gasteiger partial charge in [-0.3, -0.25) is 9.59 Å². The van der Waals surface area contributed by atoms with Crippen LogP contribution in [0.2, 0.25) is 0 Å². The maximum atomic E-state index is 12.2.